The summed E-state index contributed by atoms with van der Waals surface area (Å²) in [6.45, 7) is 2.04. The molecule has 1 saturated heterocycles. The highest BCUT2D eigenvalue weighted by molar-refractivity contribution is 6.22. The van der Waals surface area contributed by atoms with Crippen LogP contribution in [0.1, 0.15) is 29.3 Å². The van der Waals surface area contributed by atoms with E-state index in [1.54, 1.807) is 79.7 Å². The van der Waals surface area contributed by atoms with Gasteiger partial charge in [-0.05, 0) is 61.0 Å². The van der Waals surface area contributed by atoms with Crippen molar-refractivity contribution in [2.24, 2.45) is 0 Å². The summed E-state index contributed by atoms with van der Waals surface area (Å²) in [5, 5.41) is 2.74. The molecule has 4 rings (SSSR count). The van der Waals surface area contributed by atoms with Gasteiger partial charge in [0.15, 0.2) is 11.5 Å². The van der Waals surface area contributed by atoms with E-state index in [0.29, 0.717) is 34.0 Å². The smallest absolute Gasteiger partial charge is 0.338 e. The molecule has 10 heteroatoms. The number of carbonyl (C=O) groups is 4. The molecule has 202 valence electrons. The number of amides is 4. The maximum absolute atomic E-state index is 13.5. The van der Waals surface area contributed by atoms with E-state index in [1.807, 2.05) is 0 Å². The minimum atomic E-state index is -1.04. The van der Waals surface area contributed by atoms with Gasteiger partial charge in [0.2, 0.25) is 5.91 Å². The van der Waals surface area contributed by atoms with Gasteiger partial charge < -0.3 is 24.4 Å². The van der Waals surface area contributed by atoms with E-state index >= 15 is 0 Å². The van der Waals surface area contributed by atoms with Crippen molar-refractivity contribution in [2.75, 3.05) is 31.0 Å². The van der Waals surface area contributed by atoms with Crippen LogP contribution in [-0.4, -0.2) is 55.6 Å². The highest BCUT2D eigenvalue weighted by Crippen LogP contribution is 2.32. The first-order chi connectivity index (χ1) is 18.9. The van der Waals surface area contributed by atoms with Gasteiger partial charge in [0.25, 0.3) is 5.91 Å². The van der Waals surface area contributed by atoms with Crippen LogP contribution in [0.3, 0.4) is 0 Å². The number of ether oxygens (including phenoxy) is 3. The van der Waals surface area contributed by atoms with Gasteiger partial charge >= 0.3 is 12.0 Å². The SMILES string of the molecule is CCOC(=O)c1ccc(NC(=O)C[C@H]2C(=O)N(c3ccccc3)C(=O)N2Cc2ccc(OC)c(OC)c2)cc1. The lowest BCUT2D eigenvalue weighted by Gasteiger charge is -2.22. The molecule has 0 aromatic heterocycles. The van der Waals surface area contributed by atoms with E-state index in [1.165, 1.54) is 19.1 Å². The maximum atomic E-state index is 13.5. The number of nitrogens with one attached hydrogen (secondary N) is 1. The van der Waals surface area contributed by atoms with E-state index in [2.05, 4.69) is 5.32 Å². The number of methoxy groups -OCH3 is 2. The van der Waals surface area contributed by atoms with Crippen LogP contribution in [-0.2, 0) is 20.9 Å². The number of esters is 1. The highest BCUT2D eigenvalue weighted by Gasteiger charge is 2.46. The molecule has 0 unspecified atom stereocenters. The fraction of sp³-hybridized carbons (Fsp3) is 0.241. The molecule has 3 aromatic carbocycles. The van der Waals surface area contributed by atoms with Gasteiger partial charge in [-0.2, -0.15) is 0 Å². The molecular formula is C29H29N3O7. The molecular weight excluding hydrogens is 502 g/mol. The minimum Gasteiger partial charge on any atom is -0.493 e. The van der Waals surface area contributed by atoms with Gasteiger partial charge in [-0.15, -0.1) is 0 Å². The predicted octanol–water partition coefficient (Wildman–Crippen LogP) is 4.25. The Bertz CT molecular complexity index is 1360. The normalized spacial score (nSPS) is 14.8. The van der Waals surface area contributed by atoms with Crippen molar-refractivity contribution in [3.05, 3.63) is 83.9 Å². The topological polar surface area (TPSA) is 114 Å². The summed E-state index contributed by atoms with van der Waals surface area (Å²) in [4.78, 5) is 54.4. The summed E-state index contributed by atoms with van der Waals surface area (Å²) in [6, 6.07) is 18.4. The third kappa shape index (κ3) is 6.01. The molecule has 4 amide bonds. The summed E-state index contributed by atoms with van der Waals surface area (Å²) in [5.74, 6) is -0.414. The zero-order chi connectivity index (χ0) is 27.9. The number of benzene rings is 3. The van der Waals surface area contributed by atoms with E-state index in [0.717, 1.165) is 4.90 Å². The third-order valence-corrected chi connectivity index (χ3v) is 6.19. The fourth-order valence-electron chi connectivity index (χ4n) is 4.30. The van der Waals surface area contributed by atoms with Crippen LogP contribution in [0.5, 0.6) is 11.5 Å². The molecule has 10 nitrogen and oxygen atoms in total. The summed E-state index contributed by atoms with van der Waals surface area (Å²) in [6.07, 6.45) is -0.263. The number of nitrogens with zero attached hydrogens (tertiary/aromatic N) is 2. The van der Waals surface area contributed by atoms with Crippen molar-refractivity contribution in [3.8, 4) is 11.5 Å². The lowest BCUT2D eigenvalue weighted by atomic mass is 10.1. The second kappa shape index (κ2) is 12.1. The van der Waals surface area contributed by atoms with Gasteiger partial charge in [-0.1, -0.05) is 24.3 Å². The Morgan fingerprint density at radius 2 is 1.59 bits per heavy atom. The van der Waals surface area contributed by atoms with Gasteiger partial charge in [-0.25, -0.2) is 14.5 Å². The Kier molecular flexibility index (Phi) is 8.45. The zero-order valence-corrected chi connectivity index (χ0v) is 21.9. The van der Waals surface area contributed by atoms with Crippen molar-refractivity contribution in [2.45, 2.75) is 25.9 Å². The summed E-state index contributed by atoms with van der Waals surface area (Å²) >= 11 is 0. The first-order valence-corrected chi connectivity index (χ1v) is 12.3. The van der Waals surface area contributed by atoms with Gasteiger partial charge in [0.05, 0.1) is 38.5 Å². The van der Waals surface area contributed by atoms with Gasteiger partial charge in [0.1, 0.15) is 6.04 Å². The fourth-order valence-corrected chi connectivity index (χ4v) is 4.30. The number of rotatable bonds is 10. The first-order valence-electron chi connectivity index (χ1n) is 12.3. The minimum absolute atomic E-state index is 0.0699. The van der Waals surface area contributed by atoms with E-state index in [-0.39, 0.29) is 19.6 Å². The summed E-state index contributed by atoms with van der Waals surface area (Å²) in [7, 11) is 3.03. The van der Waals surface area contributed by atoms with Crippen molar-refractivity contribution in [1.29, 1.82) is 0 Å². The molecule has 0 bridgehead atoms. The Morgan fingerprint density at radius 1 is 0.897 bits per heavy atom. The molecule has 0 aliphatic carbocycles. The molecule has 1 aliphatic rings. The molecule has 1 N–H and O–H groups in total. The lowest BCUT2D eigenvalue weighted by Crippen LogP contribution is -2.37. The largest absolute Gasteiger partial charge is 0.493 e. The Balaban J connectivity index is 1.56. The molecule has 1 heterocycles. The van der Waals surface area contributed by atoms with Crippen LogP contribution in [0.25, 0.3) is 0 Å². The molecule has 39 heavy (non-hydrogen) atoms. The summed E-state index contributed by atoms with van der Waals surface area (Å²) in [5.41, 5.74) is 1.91. The van der Waals surface area contributed by atoms with Crippen LogP contribution in [0.4, 0.5) is 16.2 Å². The second-order valence-electron chi connectivity index (χ2n) is 8.67. The van der Waals surface area contributed by atoms with Crippen LogP contribution < -0.4 is 19.7 Å². The number of anilines is 2. The van der Waals surface area contributed by atoms with Crippen LogP contribution >= 0.6 is 0 Å². The Labute approximate surface area is 226 Å². The zero-order valence-electron chi connectivity index (χ0n) is 21.9. The maximum Gasteiger partial charge on any atom is 0.338 e. The summed E-state index contributed by atoms with van der Waals surface area (Å²) < 4.78 is 15.6. The lowest BCUT2D eigenvalue weighted by molar-refractivity contribution is -0.124. The monoisotopic (exact) mass is 531 g/mol. The molecule has 0 spiro atoms. The van der Waals surface area contributed by atoms with Crippen LogP contribution in [0.15, 0.2) is 72.8 Å². The third-order valence-electron chi connectivity index (χ3n) is 6.19. The van der Waals surface area contributed by atoms with Gasteiger partial charge in [0, 0.05) is 12.2 Å². The number of hydrogen-bond acceptors (Lipinski definition) is 7. The average Bonchev–Trinajstić information content (AvgIpc) is 3.17. The van der Waals surface area contributed by atoms with Crippen LogP contribution in [0.2, 0.25) is 0 Å². The standard InChI is InChI=1S/C29H29N3O7/c1-4-39-28(35)20-11-13-21(14-12-20)30-26(33)17-23-27(34)32(22-8-6-5-7-9-22)29(36)31(23)18-19-10-15-24(37-2)25(16-19)38-3/h5-16,23H,4,17-18H2,1-3H3,(H,30,33)/t23-/m0/s1. The molecule has 0 saturated carbocycles. The number of urea groups is 1. The van der Waals surface area contributed by atoms with Gasteiger partial charge in [-0.3, -0.25) is 9.59 Å². The van der Waals surface area contributed by atoms with E-state index < -0.39 is 29.9 Å². The molecule has 0 radical (unpaired) electrons. The van der Waals surface area contributed by atoms with Crippen molar-refractivity contribution in [3.63, 3.8) is 0 Å². The second-order valence-corrected chi connectivity index (χ2v) is 8.67. The highest BCUT2D eigenvalue weighted by atomic mass is 16.5. The quantitative estimate of drug-likeness (QED) is 0.307. The van der Waals surface area contributed by atoms with Crippen molar-refractivity contribution >= 4 is 35.2 Å². The number of para-hydroxylation sites is 1. The molecule has 1 fully saturated rings. The van der Waals surface area contributed by atoms with Crippen LogP contribution in [0, 0.1) is 0 Å². The van der Waals surface area contributed by atoms with E-state index in [4.69, 9.17) is 14.2 Å². The number of carbonyl (C=O) groups excluding carboxylic acids is 4. The van der Waals surface area contributed by atoms with Crippen molar-refractivity contribution in [1.82, 2.24) is 4.90 Å². The number of hydrogen-bond donors (Lipinski definition) is 1. The molecule has 1 aliphatic heterocycles. The number of imide groups is 1. The Morgan fingerprint density at radius 3 is 2.23 bits per heavy atom. The predicted molar refractivity (Wildman–Crippen MR) is 144 cm³/mol. The Hall–Kier alpha value is -4.86. The molecule has 3 aromatic rings. The molecule has 1 atom stereocenters. The van der Waals surface area contributed by atoms with E-state index in [9.17, 15) is 19.2 Å². The average molecular weight is 532 g/mol. The first kappa shape index (κ1) is 27.2. The van der Waals surface area contributed by atoms with Crippen molar-refractivity contribution < 1.29 is 33.4 Å².